The summed E-state index contributed by atoms with van der Waals surface area (Å²) in [6.45, 7) is 3.13. The Morgan fingerprint density at radius 3 is 2.83 bits per heavy atom. The van der Waals surface area contributed by atoms with Gasteiger partial charge in [-0.05, 0) is 6.42 Å². The van der Waals surface area contributed by atoms with Gasteiger partial charge in [0, 0.05) is 25.6 Å². The van der Waals surface area contributed by atoms with Crippen LogP contribution in [0.25, 0.3) is 0 Å². The van der Waals surface area contributed by atoms with E-state index in [1.807, 2.05) is 11.8 Å². The number of sulfone groups is 1. The molecule has 100 valence electrons. The Morgan fingerprint density at radius 2 is 2.11 bits per heavy atom. The summed E-state index contributed by atoms with van der Waals surface area (Å²) >= 11 is 0. The van der Waals surface area contributed by atoms with Crippen molar-refractivity contribution in [2.45, 2.75) is 19.8 Å². The second-order valence-corrected chi connectivity index (χ2v) is 6.72. The zero-order chi connectivity index (χ0) is 13.2. The molecule has 0 saturated carbocycles. The molecule has 1 aliphatic rings. The normalized spacial score (nSPS) is 19.5. The summed E-state index contributed by atoms with van der Waals surface area (Å²) in [6, 6.07) is 1.71. The highest BCUT2D eigenvalue weighted by molar-refractivity contribution is 7.91. The van der Waals surface area contributed by atoms with E-state index in [0.29, 0.717) is 37.6 Å². The highest BCUT2D eigenvalue weighted by Gasteiger charge is 2.20. The maximum atomic E-state index is 11.6. The molecule has 0 amide bonds. The summed E-state index contributed by atoms with van der Waals surface area (Å²) in [5.74, 6) is 2.29. The Bertz CT molecular complexity index is 530. The molecule has 1 aromatic heterocycles. The summed E-state index contributed by atoms with van der Waals surface area (Å²) < 4.78 is 23.1. The van der Waals surface area contributed by atoms with Gasteiger partial charge in [0.1, 0.15) is 17.5 Å². The van der Waals surface area contributed by atoms with Crippen LogP contribution >= 0.6 is 0 Å². The van der Waals surface area contributed by atoms with Gasteiger partial charge in [0.05, 0.1) is 11.5 Å². The molecule has 2 N–H and O–H groups in total. The van der Waals surface area contributed by atoms with E-state index in [1.165, 1.54) is 0 Å². The topological polar surface area (TPSA) is 89.2 Å². The third kappa shape index (κ3) is 3.10. The molecule has 6 nitrogen and oxygen atoms in total. The van der Waals surface area contributed by atoms with Crippen molar-refractivity contribution in [1.29, 1.82) is 0 Å². The lowest BCUT2D eigenvalue weighted by Crippen LogP contribution is -2.28. The lowest BCUT2D eigenvalue weighted by atomic mass is 10.3. The number of nitrogens with two attached hydrogens (primary N) is 1. The van der Waals surface area contributed by atoms with E-state index in [-0.39, 0.29) is 11.5 Å². The molecular weight excluding hydrogens is 252 g/mol. The van der Waals surface area contributed by atoms with Crippen LogP contribution in [0.1, 0.15) is 19.2 Å². The van der Waals surface area contributed by atoms with Gasteiger partial charge >= 0.3 is 0 Å². The fourth-order valence-corrected chi connectivity index (χ4v) is 3.26. The monoisotopic (exact) mass is 270 g/mol. The average Bonchev–Trinajstić information content (AvgIpc) is 2.49. The maximum absolute atomic E-state index is 11.6. The Kier molecular flexibility index (Phi) is 3.70. The molecule has 7 heteroatoms. The summed E-state index contributed by atoms with van der Waals surface area (Å²) in [7, 11) is -2.90. The maximum Gasteiger partial charge on any atom is 0.152 e. The van der Waals surface area contributed by atoms with Crippen LogP contribution in [-0.2, 0) is 16.3 Å². The van der Waals surface area contributed by atoms with Crippen LogP contribution in [0.2, 0.25) is 0 Å². The Hall–Kier alpha value is -1.37. The van der Waals surface area contributed by atoms with Crippen molar-refractivity contribution in [3.63, 3.8) is 0 Å². The van der Waals surface area contributed by atoms with Crippen LogP contribution in [0.15, 0.2) is 6.07 Å². The molecule has 0 aromatic carbocycles. The minimum atomic E-state index is -2.90. The molecular formula is C11H18N4O2S. The summed E-state index contributed by atoms with van der Waals surface area (Å²) in [5.41, 5.74) is 5.74. The van der Waals surface area contributed by atoms with Crippen LogP contribution < -0.4 is 10.6 Å². The molecule has 0 unspecified atom stereocenters. The molecule has 0 atom stereocenters. The SMILES string of the molecule is CCc1nc(N)cc(N2CCCS(=O)(=O)CC2)n1. The van der Waals surface area contributed by atoms with E-state index in [0.717, 1.165) is 5.82 Å². The predicted octanol–water partition coefficient (Wildman–Crippen LogP) is 0.246. The number of rotatable bonds is 2. The number of hydrogen-bond acceptors (Lipinski definition) is 6. The molecule has 1 aromatic rings. The van der Waals surface area contributed by atoms with Crippen molar-refractivity contribution in [2.75, 3.05) is 35.2 Å². The quantitative estimate of drug-likeness (QED) is 0.828. The van der Waals surface area contributed by atoms with E-state index in [1.54, 1.807) is 6.07 Å². The molecule has 1 fully saturated rings. The highest BCUT2D eigenvalue weighted by atomic mass is 32.2. The van der Waals surface area contributed by atoms with Crippen molar-refractivity contribution in [2.24, 2.45) is 0 Å². The van der Waals surface area contributed by atoms with Gasteiger partial charge in [-0.1, -0.05) is 6.92 Å². The number of nitrogen functional groups attached to an aromatic ring is 1. The zero-order valence-electron chi connectivity index (χ0n) is 10.5. The van der Waals surface area contributed by atoms with Crippen LogP contribution in [0.5, 0.6) is 0 Å². The van der Waals surface area contributed by atoms with Crippen LogP contribution in [0, 0.1) is 0 Å². The average molecular weight is 270 g/mol. The van der Waals surface area contributed by atoms with Crippen LogP contribution in [0.4, 0.5) is 11.6 Å². The Balaban J connectivity index is 2.23. The number of hydrogen-bond donors (Lipinski definition) is 1. The second-order valence-electron chi connectivity index (χ2n) is 4.41. The fourth-order valence-electron chi connectivity index (χ4n) is 1.99. The Morgan fingerprint density at radius 1 is 1.33 bits per heavy atom. The first-order valence-electron chi connectivity index (χ1n) is 6.09. The van der Waals surface area contributed by atoms with E-state index in [2.05, 4.69) is 9.97 Å². The minimum Gasteiger partial charge on any atom is -0.384 e. The molecule has 0 aliphatic carbocycles. The van der Waals surface area contributed by atoms with E-state index in [4.69, 9.17) is 5.73 Å². The molecule has 18 heavy (non-hydrogen) atoms. The lowest BCUT2D eigenvalue weighted by molar-refractivity contribution is 0.597. The van der Waals surface area contributed by atoms with Gasteiger partial charge < -0.3 is 10.6 Å². The van der Waals surface area contributed by atoms with E-state index in [9.17, 15) is 8.42 Å². The van der Waals surface area contributed by atoms with Crippen molar-refractivity contribution in [3.8, 4) is 0 Å². The van der Waals surface area contributed by atoms with Crippen molar-refractivity contribution in [3.05, 3.63) is 11.9 Å². The van der Waals surface area contributed by atoms with Crippen molar-refractivity contribution in [1.82, 2.24) is 9.97 Å². The van der Waals surface area contributed by atoms with Gasteiger partial charge in [-0.3, -0.25) is 0 Å². The molecule has 1 saturated heterocycles. The largest absolute Gasteiger partial charge is 0.384 e. The fraction of sp³-hybridized carbons (Fsp3) is 0.636. The predicted molar refractivity (Wildman–Crippen MR) is 71.3 cm³/mol. The van der Waals surface area contributed by atoms with Gasteiger partial charge in [-0.15, -0.1) is 0 Å². The molecule has 1 aliphatic heterocycles. The number of anilines is 2. The first-order valence-corrected chi connectivity index (χ1v) is 7.91. The Labute approximate surface area is 107 Å². The first kappa shape index (κ1) is 13.1. The summed E-state index contributed by atoms with van der Waals surface area (Å²) in [6.07, 6.45) is 1.35. The number of aryl methyl sites for hydroxylation is 1. The third-order valence-electron chi connectivity index (χ3n) is 2.97. The highest BCUT2D eigenvalue weighted by Crippen LogP contribution is 2.17. The number of nitrogens with zero attached hydrogens (tertiary/aromatic N) is 3. The van der Waals surface area contributed by atoms with Gasteiger partial charge in [0.25, 0.3) is 0 Å². The standard InChI is InChI=1S/C11H18N4O2S/c1-2-10-13-9(12)8-11(14-10)15-4-3-6-18(16,17)7-5-15/h8H,2-7H2,1H3,(H2,12,13,14). The van der Waals surface area contributed by atoms with Gasteiger partial charge in [-0.2, -0.15) is 0 Å². The molecule has 2 heterocycles. The van der Waals surface area contributed by atoms with Gasteiger partial charge in [0.2, 0.25) is 0 Å². The van der Waals surface area contributed by atoms with Crippen LogP contribution in [0.3, 0.4) is 0 Å². The molecule has 2 rings (SSSR count). The van der Waals surface area contributed by atoms with E-state index < -0.39 is 9.84 Å². The van der Waals surface area contributed by atoms with Crippen LogP contribution in [-0.4, -0.2) is 43.0 Å². The van der Waals surface area contributed by atoms with Gasteiger partial charge in [0.15, 0.2) is 9.84 Å². The van der Waals surface area contributed by atoms with Gasteiger partial charge in [-0.25, -0.2) is 18.4 Å². The molecule has 0 bridgehead atoms. The lowest BCUT2D eigenvalue weighted by Gasteiger charge is -2.21. The third-order valence-corrected chi connectivity index (χ3v) is 4.69. The molecule has 0 spiro atoms. The zero-order valence-corrected chi connectivity index (χ0v) is 11.3. The first-order chi connectivity index (χ1) is 8.50. The summed E-state index contributed by atoms with van der Waals surface area (Å²) in [4.78, 5) is 10.5. The van der Waals surface area contributed by atoms with E-state index >= 15 is 0 Å². The number of aromatic nitrogens is 2. The smallest absolute Gasteiger partial charge is 0.152 e. The minimum absolute atomic E-state index is 0.179. The summed E-state index contributed by atoms with van der Waals surface area (Å²) in [5, 5.41) is 0. The van der Waals surface area contributed by atoms with Crippen molar-refractivity contribution < 1.29 is 8.42 Å². The second kappa shape index (κ2) is 5.09. The van der Waals surface area contributed by atoms with Crippen molar-refractivity contribution >= 4 is 21.5 Å². The molecule has 0 radical (unpaired) electrons.